The number of methoxy groups -OCH3 is 1. The molecule has 1 unspecified atom stereocenters. The van der Waals surface area contributed by atoms with Gasteiger partial charge in [0.05, 0.1) is 0 Å². The molecule has 16 heavy (non-hydrogen) atoms. The van der Waals surface area contributed by atoms with Crippen molar-refractivity contribution >= 4 is 0 Å². The van der Waals surface area contributed by atoms with Crippen molar-refractivity contribution in [2.24, 2.45) is 17.6 Å². The minimum absolute atomic E-state index is 0.346. The average molecular weight is 228 g/mol. The minimum atomic E-state index is 0.346. The van der Waals surface area contributed by atoms with E-state index >= 15 is 0 Å². The molecule has 3 nitrogen and oxygen atoms in total. The van der Waals surface area contributed by atoms with Gasteiger partial charge in [-0.3, -0.25) is 0 Å². The monoisotopic (exact) mass is 228 g/mol. The van der Waals surface area contributed by atoms with E-state index < -0.39 is 0 Å². The largest absolute Gasteiger partial charge is 0.384 e. The summed E-state index contributed by atoms with van der Waals surface area (Å²) in [6.45, 7) is 8.86. The summed E-state index contributed by atoms with van der Waals surface area (Å²) < 4.78 is 5.21. The lowest BCUT2D eigenvalue weighted by molar-refractivity contribution is 0.0961. The Morgan fingerprint density at radius 1 is 1.31 bits per heavy atom. The van der Waals surface area contributed by atoms with Crippen molar-refractivity contribution in [1.29, 1.82) is 0 Å². The zero-order valence-electron chi connectivity index (χ0n) is 11.1. The molecule has 1 saturated heterocycles. The van der Waals surface area contributed by atoms with Gasteiger partial charge in [-0.2, -0.15) is 0 Å². The Labute approximate surface area is 100 Å². The summed E-state index contributed by atoms with van der Waals surface area (Å²) in [5, 5.41) is 0. The van der Waals surface area contributed by atoms with Gasteiger partial charge >= 0.3 is 0 Å². The summed E-state index contributed by atoms with van der Waals surface area (Å²) in [5.41, 5.74) is 6.13. The number of likely N-dealkylation sites (tertiary alicyclic amines) is 1. The van der Waals surface area contributed by atoms with Gasteiger partial charge in [-0.1, -0.05) is 13.8 Å². The predicted octanol–water partition coefficient (Wildman–Crippen LogP) is 1.72. The van der Waals surface area contributed by atoms with Crippen LogP contribution in [0.15, 0.2) is 0 Å². The van der Waals surface area contributed by atoms with E-state index in [-0.39, 0.29) is 0 Å². The molecule has 1 rings (SSSR count). The van der Waals surface area contributed by atoms with Crippen LogP contribution in [0.5, 0.6) is 0 Å². The van der Waals surface area contributed by atoms with Gasteiger partial charge in [0.2, 0.25) is 0 Å². The highest BCUT2D eigenvalue weighted by Gasteiger charge is 2.20. The molecule has 1 fully saturated rings. The fourth-order valence-corrected chi connectivity index (χ4v) is 2.58. The molecule has 1 aliphatic rings. The molecule has 0 bridgehead atoms. The van der Waals surface area contributed by atoms with E-state index in [2.05, 4.69) is 18.7 Å². The summed E-state index contributed by atoms with van der Waals surface area (Å²) in [5.74, 6) is 1.48. The second-order valence-corrected chi connectivity index (χ2v) is 5.59. The molecule has 96 valence electrons. The number of rotatable bonds is 6. The number of nitrogens with zero attached hydrogens (tertiary/aromatic N) is 1. The van der Waals surface area contributed by atoms with E-state index in [0.29, 0.717) is 12.0 Å². The van der Waals surface area contributed by atoms with Crippen LogP contribution in [0, 0.1) is 11.8 Å². The Bertz CT molecular complexity index is 177. The van der Waals surface area contributed by atoms with Crippen molar-refractivity contribution in [3.8, 4) is 0 Å². The molecule has 0 saturated carbocycles. The maximum absolute atomic E-state index is 6.13. The molecule has 1 aliphatic heterocycles. The molecule has 2 N–H and O–H groups in total. The molecule has 0 spiro atoms. The highest BCUT2D eigenvalue weighted by molar-refractivity contribution is 4.76. The fourth-order valence-electron chi connectivity index (χ4n) is 2.58. The standard InChI is InChI=1S/C13H28N2O/c1-11(2)8-13(14)9-15-6-4-12(5-7-15)10-16-3/h11-13H,4-10,14H2,1-3H3. The fraction of sp³-hybridized carbons (Fsp3) is 1.00. The molecule has 0 radical (unpaired) electrons. The SMILES string of the molecule is COCC1CCN(CC(N)CC(C)C)CC1. The third-order valence-electron chi connectivity index (χ3n) is 3.38. The van der Waals surface area contributed by atoms with Crippen LogP contribution < -0.4 is 5.73 Å². The number of hydrogen-bond donors (Lipinski definition) is 1. The topological polar surface area (TPSA) is 38.5 Å². The van der Waals surface area contributed by atoms with E-state index in [1.165, 1.54) is 25.9 Å². The zero-order chi connectivity index (χ0) is 12.0. The summed E-state index contributed by atoms with van der Waals surface area (Å²) >= 11 is 0. The Hall–Kier alpha value is -0.120. The van der Waals surface area contributed by atoms with Crippen LogP contribution in [0.4, 0.5) is 0 Å². The van der Waals surface area contributed by atoms with E-state index in [1.807, 2.05) is 0 Å². The smallest absolute Gasteiger partial charge is 0.0491 e. The summed E-state index contributed by atoms with van der Waals surface area (Å²) in [6, 6.07) is 0.346. The molecule has 0 amide bonds. The molecule has 0 aromatic heterocycles. The Morgan fingerprint density at radius 2 is 1.94 bits per heavy atom. The zero-order valence-corrected chi connectivity index (χ0v) is 11.1. The highest BCUT2D eigenvalue weighted by Crippen LogP contribution is 2.17. The first-order valence-corrected chi connectivity index (χ1v) is 6.58. The summed E-state index contributed by atoms with van der Waals surface area (Å²) in [4.78, 5) is 2.51. The van der Waals surface area contributed by atoms with Crippen LogP contribution >= 0.6 is 0 Å². The number of ether oxygens (including phenoxy) is 1. The Morgan fingerprint density at radius 3 is 2.44 bits per heavy atom. The van der Waals surface area contributed by atoms with Crippen LogP contribution in [0.3, 0.4) is 0 Å². The van der Waals surface area contributed by atoms with E-state index in [0.717, 1.165) is 25.5 Å². The van der Waals surface area contributed by atoms with Gasteiger partial charge in [-0.15, -0.1) is 0 Å². The molecule has 0 aromatic rings. The summed E-state index contributed by atoms with van der Waals surface area (Å²) in [7, 11) is 1.80. The van der Waals surface area contributed by atoms with Gasteiger partial charge < -0.3 is 15.4 Å². The predicted molar refractivity (Wildman–Crippen MR) is 68.5 cm³/mol. The van der Waals surface area contributed by atoms with Gasteiger partial charge in [0.25, 0.3) is 0 Å². The molecular weight excluding hydrogens is 200 g/mol. The maximum Gasteiger partial charge on any atom is 0.0491 e. The molecule has 0 aliphatic carbocycles. The number of piperidine rings is 1. The van der Waals surface area contributed by atoms with Crippen molar-refractivity contribution in [2.75, 3.05) is 33.4 Å². The van der Waals surface area contributed by atoms with E-state index in [4.69, 9.17) is 10.5 Å². The third-order valence-corrected chi connectivity index (χ3v) is 3.38. The average Bonchev–Trinajstić information content (AvgIpc) is 2.20. The van der Waals surface area contributed by atoms with E-state index in [1.54, 1.807) is 7.11 Å². The van der Waals surface area contributed by atoms with Crippen LogP contribution in [0.1, 0.15) is 33.1 Å². The lowest BCUT2D eigenvalue weighted by Crippen LogP contribution is -2.43. The first-order chi connectivity index (χ1) is 7.61. The van der Waals surface area contributed by atoms with Crippen LogP contribution in [-0.2, 0) is 4.74 Å². The molecule has 3 heteroatoms. The molecule has 1 atom stereocenters. The minimum Gasteiger partial charge on any atom is -0.384 e. The Kier molecular flexibility index (Phi) is 6.32. The van der Waals surface area contributed by atoms with Gasteiger partial charge in [0.15, 0.2) is 0 Å². The van der Waals surface area contributed by atoms with Gasteiger partial charge in [0, 0.05) is 26.3 Å². The second-order valence-electron chi connectivity index (χ2n) is 5.59. The molecular formula is C13H28N2O. The van der Waals surface area contributed by atoms with Crippen LogP contribution in [0.2, 0.25) is 0 Å². The van der Waals surface area contributed by atoms with Gasteiger partial charge in [-0.05, 0) is 44.2 Å². The maximum atomic E-state index is 6.13. The normalized spacial score (nSPS) is 21.6. The van der Waals surface area contributed by atoms with Gasteiger partial charge in [0.1, 0.15) is 0 Å². The quantitative estimate of drug-likeness (QED) is 0.752. The first-order valence-electron chi connectivity index (χ1n) is 6.58. The van der Waals surface area contributed by atoms with Crippen molar-refractivity contribution in [3.05, 3.63) is 0 Å². The van der Waals surface area contributed by atoms with Crippen molar-refractivity contribution in [3.63, 3.8) is 0 Å². The van der Waals surface area contributed by atoms with Crippen LogP contribution in [-0.4, -0.2) is 44.3 Å². The Balaban J connectivity index is 2.16. The lowest BCUT2D eigenvalue weighted by atomic mass is 9.96. The second kappa shape index (κ2) is 7.25. The van der Waals surface area contributed by atoms with Crippen molar-refractivity contribution in [2.45, 2.75) is 39.2 Å². The molecule has 0 aromatic carbocycles. The molecule has 1 heterocycles. The van der Waals surface area contributed by atoms with E-state index in [9.17, 15) is 0 Å². The third kappa shape index (κ3) is 5.28. The lowest BCUT2D eigenvalue weighted by Gasteiger charge is -2.33. The van der Waals surface area contributed by atoms with Crippen molar-refractivity contribution in [1.82, 2.24) is 4.90 Å². The summed E-state index contributed by atoms with van der Waals surface area (Å²) in [6.07, 6.45) is 3.67. The number of nitrogens with two attached hydrogens (primary N) is 1. The van der Waals surface area contributed by atoms with Crippen molar-refractivity contribution < 1.29 is 4.74 Å². The highest BCUT2D eigenvalue weighted by atomic mass is 16.5. The number of hydrogen-bond acceptors (Lipinski definition) is 3. The first kappa shape index (κ1) is 13.9. The van der Waals surface area contributed by atoms with Crippen LogP contribution in [0.25, 0.3) is 0 Å². The van der Waals surface area contributed by atoms with Gasteiger partial charge in [-0.25, -0.2) is 0 Å².